The van der Waals surface area contributed by atoms with Crippen molar-refractivity contribution < 1.29 is 23.8 Å². The zero-order valence-corrected chi connectivity index (χ0v) is 18.8. The number of aliphatic hydroxyl groups is 1. The first-order chi connectivity index (χ1) is 15.4. The standard InChI is InChI=1S/C24H23FN2O4S/c1-27-12-18(16-13-32-23-15(16)5-4-6-17(23)25)26-24(27)20(29)9-8-19(28)14-7-10-21(30-2)22(11-14)31-3/h4-7,10-13,20,29H,8-9H2,1-3H3. The van der Waals surface area contributed by atoms with Crippen LogP contribution < -0.4 is 9.47 Å². The normalized spacial score (nSPS) is 12.2. The summed E-state index contributed by atoms with van der Waals surface area (Å²) < 4.78 is 26.8. The van der Waals surface area contributed by atoms with Crippen LogP contribution in [0.25, 0.3) is 21.3 Å². The number of aromatic nitrogens is 2. The summed E-state index contributed by atoms with van der Waals surface area (Å²) in [4.78, 5) is 17.2. The fourth-order valence-corrected chi connectivity index (χ4v) is 4.66. The number of imidazole rings is 1. The maximum atomic E-state index is 14.0. The average Bonchev–Trinajstić information content (AvgIpc) is 3.41. The first-order valence-corrected chi connectivity index (χ1v) is 10.9. The number of fused-ring (bicyclic) bond motifs is 1. The van der Waals surface area contributed by atoms with E-state index in [1.165, 1.54) is 31.6 Å². The Morgan fingerprint density at radius 1 is 1.22 bits per heavy atom. The van der Waals surface area contributed by atoms with E-state index in [9.17, 15) is 14.3 Å². The van der Waals surface area contributed by atoms with Gasteiger partial charge in [0, 0.05) is 41.6 Å². The van der Waals surface area contributed by atoms with Crippen LogP contribution in [0.5, 0.6) is 11.5 Å². The van der Waals surface area contributed by atoms with Crippen molar-refractivity contribution in [3.8, 4) is 22.8 Å². The molecular weight excluding hydrogens is 431 g/mol. The van der Waals surface area contributed by atoms with Crippen LogP contribution in [-0.4, -0.2) is 34.7 Å². The fraction of sp³-hybridized carbons (Fsp3) is 0.250. The Bertz CT molecular complexity index is 1280. The third-order valence-corrected chi connectivity index (χ3v) is 6.39. The third-order valence-electron chi connectivity index (χ3n) is 5.39. The van der Waals surface area contributed by atoms with Crippen molar-refractivity contribution in [1.29, 1.82) is 0 Å². The summed E-state index contributed by atoms with van der Waals surface area (Å²) in [5, 5.41) is 13.4. The van der Waals surface area contributed by atoms with Gasteiger partial charge in [-0.05, 0) is 30.7 Å². The fourth-order valence-electron chi connectivity index (χ4n) is 3.69. The number of ketones is 1. The number of ether oxygens (including phenoxy) is 2. The number of rotatable bonds is 8. The molecule has 0 aliphatic rings. The Morgan fingerprint density at radius 2 is 2.00 bits per heavy atom. The minimum atomic E-state index is -0.917. The van der Waals surface area contributed by atoms with E-state index in [1.807, 2.05) is 11.4 Å². The van der Waals surface area contributed by atoms with Crippen LogP contribution in [0.3, 0.4) is 0 Å². The third kappa shape index (κ3) is 4.11. The van der Waals surface area contributed by atoms with Crippen molar-refractivity contribution in [1.82, 2.24) is 9.55 Å². The van der Waals surface area contributed by atoms with Crippen LogP contribution >= 0.6 is 11.3 Å². The Kier molecular flexibility index (Phi) is 6.25. The number of benzene rings is 2. The largest absolute Gasteiger partial charge is 0.493 e. The van der Waals surface area contributed by atoms with Crippen molar-refractivity contribution in [2.75, 3.05) is 14.2 Å². The van der Waals surface area contributed by atoms with E-state index in [1.54, 1.807) is 42.1 Å². The molecule has 2 heterocycles. The monoisotopic (exact) mass is 454 g/mol. The SMILES string of the molecule is COc1ccc(C(=O)CCC(O)c2nc(-c3csc4c(F)cccc34)cn2C)cc1OC. The van der Waals surface area contributed by atoms with Crippen LogP contribution in [0.2, 0.25) is 0 Å². The summed E-state index contributed by atoms with van der Waals surface area (Å²) >= 11 is 1.33. The molecule has 1 atom stereocenters. The van der Waals surface area contributed by atoms with Crippen molar-refractivity contribution in [2.24, 2.45) is 7.05 Å². The lowest BCUT2D eigenvalue weighted by molar-refractivity contribution is 0.0932. The summed E-state index contributed by atoms with van der Waals surface area (Å²) in [5.41, 5.74) is 1.96. The highest BCUT2D eigenvalue weighted by molar-refractivity contribution is 7.17. The Balaban J connectivity index is 1.50. The topological polar surface area (TPSA) is 73.6 Å². The van der Waals surface area contributed by atoms with E-state index >= 15 is 0 Å². The molecule has 2 aromatic heterocycles. The molecule has 0 radical (unpaired) electrons. The molecular formula is C24H23FN2O4S. The highest BCUT2D eigenvalue weighted by Crippen LogP contribution is 2.35. The van der Waals surface area contributed by atoms with Gasteiger partial charge < -0.3 is 19.1 Å². The zero-order chi connectivity index (χ0) is 22.8. The molecule has 0 fully saturated rings. The summed E-state index contributed by atoms with van der Waals surface area (Å²) in [6.45, 7) is 0. The maximum Gasteiger partial charge on any atom is 0.163 e. The van der Waals surface area contributed by atoms with Gasteiger partial charge in [-0.25, -0.2) is 9.37 Å². The number of nitrogens with zero attached hydrogens (tertiary/aromatic N) is 2. The molecule has 0 bridgehead atoms. The second-order valence-corrected chi connectivity index (χ2v) is 8.29. The minimum absolute atomic E-state index is 0.112. The van der Waals surface area contributed by atoms with Crippen molar-refractivity contribution in [2.45, 2.75) is 18.9 Å². The van der Waals surface area contributed by atoms with Gasteiger partial charge in [0.2, 0.25) is 0 Å². The number of Topliss-reactive ketones (excluding diaryl/α,β-unsaturated/α-hetero) is 1. The van der Waals surface area contributed by atoms with Crippen LogP contribution in [0.1, 0.15) is 35.1 Å². The molecule has 4 aromatic rings. The number of carbonyl (C=O) groups excluding carboxylic acids is 1. The molecule has 1 unspecified atom stereocenters. The van der Waals surface area contributed by atoms with Crippen molar-refractivity contribution in [3.05, 3.63) is 65.2 Å². The van der Waals surface area contributed by atoms with Crippen molar-refractivity contribution in [3.63, 3.8) is 0 Å². The van der Waals surface area contributed by atoms with E-state index in [2.05, 4.69) is 4.98 Å². The Labute approximate surface area is 188 Å². The molecule has 2 aromatic carbocycles. The van der Waals surface area contributed by atoms with Gasteiger partial charge in [0.1, 0.15) is 17.7 Å². The second-order valence-electron chi connectivity index (χ2n) is 7.41. The van der Waals surface area contributed by atoms with Gasteiger partial charge >= 0.3 is 0 Å². The summed E-state index contributed by atoms with van der Waals surface area (Å²) in [6.07, 6.45) is 1.25. The van der Waals surface area contributed by atoms with E-state index in [0.29, 0.717) is 33.3 Å². The summed E-state index contributed by atoms with van der Waals surface area (Å²) in [6, 6.07) is 9.96. The average molecular weight is 455 g/mol. The molecule has 6 nitrogen and oxygen atoms in total. The number of hydrogen-bond acceptors (Lipinski definition) is 6. The molecule has 0 spiro atoms. The predicted molar refractivity (Wildman–Crippen MR) is 122 cm³/mol. The van der Waals surface area contributed by atoms with Gasteiger partial charge in [0.25, 0.3) is 0 Å². The first kappa shape index (κ1) is 22.0. The molecule has 0 amide bonds. The lowest BCUT2D eigenvalue weighted by Gasteiger charge is -2.11. The number of aliphatic hydroxyl groups excluding tert-OH is 1. The van der Waals surface area contributed by atoms with Crippen LogP contribution in [0, 0.1) is 5.82 Å². The number of hydrogen-bond donors (Lipinski definition) is 1. The minimum Gasteiger partial charge on any atom is -0.493 e. The molecule has 1 N–H and O–H groups in total. The number of halogens is 1. The molecule has 0 saturated carbocycles. The quantitative estimate of drug-likeness (QED) is 0.373. The number of aryl methyl sites for hydroxylation is 1. The highest BCUT2D eigenvalue weighted by Gasteiger charge is 2.20. The van der Waals surface area contributed by atoms with Crippen molar-refractivity contribution >= 4 is 27.2 Å². The predicted octanol–water partition coefficient (Wildman–Crippen LogP) is 5.15. The molecule has 4 rings (SSSR count). The summed E-state index contributed by atoms with van der Waals surface area (Å²) in [5.74, 6) is 1.11. The summed E-state index contributed by atoms with van der Waals surface area (Å²) in [7, 11) is 4.84. The molecule has 0 aliphatic heterocycles. The number of thiophene rings is 1. The first-order valence-electron chi connectivity index (χ1n) is 10.1. The molecule has 0 saturated heterocycles. The lowest BCUT2D eigenvalue weighted by atomic mass is 10.0. The number of carbonyl (C=O) groups is 1. The van der Waals surface area contributed by atoms with E-state index in [-0.39, 0.29) is 24.4 Å². The Hall–Kier alpha value is -3.23. The van der Waals surface area contributed by atoms with Gasteiger partial charge in [-0.2, -0.15) is 0 Å². The van der Waals surface area contributed by atoms with Gasteiger partial charge in [-0.3, -0.25) is 4.79 Å². The van der Waals surface area contributed by atoms with Gasteiger partial charge in [-0.15, -0.1) is 11.3 Å². The van der Waals surface area contributed by atoms with Gasteiger partial charge in [0.15, 0.2) is 17.3 Å². The second kappa shape index (κ2) is 9.10. The Morgan fingerprint density at radius 3 is 2.75 bits per heavy atom. The smallest absolute Gasteiger partial charge is 0.163 e. The molecule has 166 valence electrons. The van der Waals surface area contributed by atoms with Crippen LogP contribution in [0.15, 0.2) is 48.0 Å². The molecule has 32 heavy (non-hydrogen) atoms. The zero-order valence-electron chi connectivity index (χ0n) is 18.0. The van der Waals surface area contributed by atoms with Gasteiger partial charge in [-0.1, -0.05) is 12.1 Å². The van der Waals surface area contributed by atoms with E-state index in [4.69, 9.17) is 9.47 Å². The van der Waals surface area contributed by atoms with Crippen LogP contribution in [-0.2, 0) is 7.05 Å². The lowest BCUT2D eigenvalue weighted by Crippen LogP contribution is -2.08. The molecule has 8 heteroatoms. The number of methoxy groups -OCH3 is 2. The van der Waals surface area contributed by atoms with Gasteiger partial charge in [0.05, 0.1) is 24.6 Å². The van der Waals surface area contributed by atoms with Crippen LogP contribution in [0.4, 0.5) is 4.39 Å². The highest BCUT2D eigenvalue weighted by atomic mass is 32.1. The maximum absolute atomic E-state index is 14.0. The van der Waals surface area contributed by atoms with E-state index < -0.39 is 6.10 Å². The molecule has 0 aliphatic carbocycles. The van der Waals surface area contributed by atoms with E-state index in [0.717, 1.165) is 10.9 Å².